The molecular weight excluding hydrogens is 605 g/mol. The van der Waals surface area contributed by atoms with Crippen LogP contribution >= 0.6 is 0 Å². The standard InChI is InChI=1S/C48H34N2/c1-3-11-32(2)47-40(37-14-9-15-38(31-37)50-45-20-6-4-16-42(45)43-17-5-7-21-46(43)50)24-22-34-23-25-41-39(18-10-19-44(41)48(34)47)36-13-8-12-35(30-36)33-26-28-49-29-27-33/h3-22,24,26,28,30-32,42,45H,1-2H3/b11-3-. The molecule has 0 fully saturated rings. The highest BCUT2D eigenvalue weighted by Crippen LogP contribution is 2.48. The SMILES string of the molecule is C/C=C\C(C)c1c(-c2cccc(N3c4ccccc4C4C=CC=CC43)c2)ccc2c#cc3c(-c4cccc(C5=C=C=NC=C5)c4)cccc3c12. The summed E-state index contributed by atoms with van der Waals surface area (Å²) < 4.78 is 0. The first-order chi connectivity index (χ1) is 24.7. The maximum atomic E-state index is 4.03. The molecule has 0 N–H and O–H groups in total. The number of benzene rings is 5. The van der Waals surface area contributed by atoms with Crippen LogP contribution < -0.4 is 4.90 Å². The van der Waals surface area contributed by atoms with Crippen LogP contribution in [0.2, 0.25) is 0 Å². The van der Waals surface area contributed by atoms with E-state index in [-0.39, 0.29) is 12.0 Å². The molecule has 6 aromatic rings. The van der Waals surface area contributed by atoms with Gasteiger partial charge in [0, 0.05) is 57.0 Å². The van der Waals surface area contributed by atoms with E-state index < -0.39 is 0 Å². The lowest BCUT2D eigenvalue weighted by Gasteiger charge is -2.29. The van der Waals surface area contributed by atoms with E-state index in [0.717, 1.165) is 33.0 Å². The van der Waals surface area contributed by atoms with Crippen LogP contribution in [0.5, 0.6) is 0 Å². The van der Waals surface area contributed by atoms with Crippen LogP contribution in [-0.4, -0.2) is 11.9 Å². The summed E-state index contributed by atoms with van der Waals surface area (Å²) in [6, 6.07) is 45.1. The Morgan fingerprint density at radius 2 is 1.60 bits per heavy atom. The molecule has 2 aliphatic heterocycles. The monoisotopic (exact) mass is 638 g/mol. The Morgan fingerprint density at radius 3 is 2.48 bits per heavy atom. The fraction of sp³-hybridized carbons (Fsp3) is 0.104. The molecule has 0 radical (unpaired) electrons. The summed E-state index contributed by atoms with van der Waals surface area (Å²) in [5.41, 5.74) is 15.1. The molecule has 0 saturated carbocycles. The van der Waals surface area contributed by atoms with Gasteiger partial charge in [-0.05, 0) is 93.4 Å². The number of allylic oxidation sites excluding steroid dienone is 6. The first-order valence-electron chi connectivity index (χ1n) is 17.3. The van der Waals surface area contributed by atoms with E-state index >= 15 is 0 Å². The second kappa shape index (κ2) is 12.3. The first-order valence-corrected chi connectivity index (χ1v) is 17.3. The second-order valence-electron chi connectivity index (χ2n) is 13.2. The Morgan fingerprint density at radius 1 is 0.780 bits per heavy atom. The van der Waals surface area contributed by atoms with E-state index in [4.69, 9.17) is 0 Å². The maximum Gasteiger partial charge on any atom is 0.0629 e. The van der Waals surface area contributed by atoms with Crippen molar-refractivity contribution in [3.63, 3.8) is 0 Å². The molecule has 2 heteroatoms. The molecule has 1 aliphatic carbocycles. The normalized spacial score (nSPS) is 17.7. The number of hydrogen-bond donors (Lipinski definition) is 0. The van der Waals surface area contributed by atoms with Crippen LogP contribution in [0, 0.1) is 12.1 Å². The summed E-state index contributed by atoms with van der Waals surface area (Å²) in [7, 11) is 0. The van der Waals surface area contributed by atoms with Gasteiger partial charge in [-0.25, -0.2) is 4.99 Å². The lowest BCUT2D eigenvalue weighted by atomic mass is 9.84. The Labute approximate surface area is 293 Å². The summed E-state index contributed by atoms with van der Waals surface area (Å²) in [5, 5.41) is 4.56. The molecule has 2 nitrogen and oxygen atoms in total. The van der Waals surface area contributed by atoms with E-state index in [1.807, 2.05) is 6.08 Å². The van der Waals surface area contributed by atoms with Crippen LogP contribution in [0.4, 0.5) is 11.4 Å². The van der Waals surface area contributed by atoms with Crippen molar-refractivity contribution >= 4 is 44.4 Å². The third kappa shape index (κ3) is 4.89. The van der Waals surface area contributed by atoms with Crippen LogP contribution in [0.15, 0.2) is 163 Å². The van der Waals surface area contributed by atoms with Gasteiger partial charge in [-0.15, -0.1) is 0 Å². The maximum absolute atomic E-state index is 4.03. The molecule has 9 rings (SSSR count). The zero-order valence-corrected chi connectivity index (χ0v) is 28.1. The Kier molecular flexibility index (Phi) is 7.30. The number of rotatable bonds is 6. The number of nitrogens with zero attached hydrogens (tertiary/aromatic N) is 2. The quantitative estimate of drug-likeness (QED) is 0.131. The second-order valence-corrected chi connectivity index (χ2v) is 13.2. The van der Waals surface area contributed by atoms with Gasteiger partial charge in [-0.1, -0.05) is 128 Å². The van der Waals surface area contributed by atoms with Crippen molar-refractivity contribution < 1.29 is 0 Å². The average Bonchev–Trinajstić information content (AvgIpc) is 3.52. The molecule has 2 heterocycles. The number of fused-ring (bicyclic) bond motifs is 6. The van der Waals surface area contributed by atoms with Crippen LogP contribution in [0.3, 0.4) is 0 Å². The van der Waals surface area contributed by atoms with E-state index in [2.05, 4.69) is 187 Å². The zero-order valence-electron chi connectivity index (χ0n) is 28.1. The molecule has 0 spiro atoms. The Bertz CT molecular complexity index is 2560. The van der Waals surface area contributed by atoms with E-state index in [1.165, 1.54) is 44.4 Å². The molecule has 236 valence electrons. The van der Waals surface area contributed by atoms with Gasteiger partial charge >= 0.3 is 0 Å². The van der Waals surface area contributed by atoms with E-state index in [9.17, 15) is 0 Å². The van der Waals surface area contributed by atoms with E-state index in [1.54, 1.807) is 6.20 Å². The van der Waals surface area contributed by atoms with Crippen molar-refractivity contribution in [3.05, 3.63) is 186 Å². The molecule has 3 aliphatic rings. The predicted octanol–water partition coefficient (Wildman–Crippen LogP) is 12.1. The van der Waals surface area contributed by atoms with Crippen molar-refractivity contribution in [3.8, 4) is 22.3 Å². The number of anilines is 2. The van der Waals surface area contributed by atoms with Crippen molar-refractivity contribution in [2.24, 2.45) is 4.99 Å². The van der Waals surface area contributed by atoms with Gasteiger partial charge in [0.1, 0.15) is 0 Å². The van der Waals surface area contributed by atoms with Gasteiger partial charge in [0.15, 0.2) is 0 Å². The smallest absolute Gasteiger partial charge is 0.0629 e. The third-order valence-electron chi connectivity index (χ3n) is 10.3. The van der Waals surface area contributed by atoms with Crippen molar-refractivity contribution in [1.82, 2.24) is 0 Å². The fourth-order valence-corrected chi connectivity index (χ4v) is 8.11. The molecular formula is C48H34N2. The minimum Gasteiger partial charge on any atom is -0.333 e. The van der Waals surface area contributed by atoms with Crippen LogP contribution in [0.25, 0.3) is 49.4 Å². The molecule has 0 saturated heterocycles. The Balaban J connectivity index is 1.23. The Hall–Kier alpha value is -6.35. The summed E-state index contributed by atoms with van der Waals surface area (Å²) in [6.07, 6.45) is 17.3. The van der Waals surface area contributed by atoms with Crippen molar-refractivity contribution in [1.29, 1.82) is 0 Å². The minimum absolute atomic E-state index is 0.176. The summed E-state index contributed by atoms with van der Waals surface area (Å²) >= 11 is 0. The van der Waals surface area contributed by atoms with E-state index in [0.29, 0.717) is 5.92 Å². The lowest BCUT2D eigenvalue weighted by Crippen LogP contribution is -2.28. The number of hydrogen-bond acceptors (Lipinski definition) is 2. The molecule has 3 unspecified atom stereocenters. The lowest BCUT2D eigenvalue weighted by molar-refractivity contribution is 0.745. The van der Waals surface area contributed by atoms with Gasteiger partial charge < -0.3 is 4.90 Å². The molecule has 50 heavy (non-hydrogen) atoms. The minimum atomic E-state index is 0.176. The highest BCUT2D eigenvalue weighted by atomic mass is 15.2. The van der Waals surface area contributed by atoms with Gasteiger partial charge in [0.2, 0.25) is 0 Å². The van der Waals surface area contributed by atoms with Crippen molar-refractivity contribution in [2.75, 3.05) is 4.90 Å². The van der Waals surface area contributed by atoms with Gasteiger partial charge in [0.25, 0.3) is 0 Å². The number of para-hydroxylation sites is 1. The fourth-order valence-electron chi connectivity index (χ4n) is 8.11. The summed E-state index contributed by atoms with van der Waals surface area (Å²) in [5.74, 6) is 3.37. The molecule has 0 amide bonds. The molecule has 0 aromatic heterocycles. The van der Waals surface area contributed by atoms with Crippen LogP contribution in [-0.2, 0) is 0 Å². The summed E-state index contributed by atoms with van der Waals surface area (Å²) in [4.78, 5) is 6.55. The zero-order chi connectivity index (χ0) is 33.6. The molecule has 0 bridgehead atoms. The predicted molar refractivity (Wildman–Crippen MR) is 210 cm³/mol. The van der Waals surface area contributed by atoms with Gasteiger partial charge in [-0.3, -0.25) is 0 Å². The van der Waals surface area contributed by atoms with Gasteiger partial charge in [0.05, 0.1) is 6.04 Å². The highest BCUT2D eigenvalue weighted by Gasteiger charge is 2.37. The highest BCUT2D eigenvalue weighted by molar-refractivity contribution is 6.13. The average molecular weight is 639 g/mol. The third-order valence-corrected chi connectivity index (χ3v) is 10.3. The number of aliphatic imine (C=N–C) groups is 1. The van der Waals surface area contributed by atoms with Crippen molar-refractivity contribution in [2.45, 2.75) is 31.7 Å². The summed E-state index contributed by atoms with van der Waals surface area (Å²) in [6.45, 7) is 4.41. The molecule has 3 atom stereocenters. The largest absolute Gasteiger partial charge is 0.333 e. The first kappa shape index (κ1) is 29.8. The van der Waals surface area contributed by atoms with Crippen LogP contribution in [0.1, 0.15) is 42.4 Å². The molecule has 6 aromatic carbocycles. The topological polar surface area (TPSA) is 15.6 Å². The van der Waals surface area contributed by atoms with Gasteiger partial charge in [-0.2, -0.15) is 0 Å².